The van der Waals surface area contributed by atoms with Crippen LogP contribution in [0.5, 0.6) is 5.75 Å². The molecule has 25 heavy (non-hydrogen) atoms. The third kappa shape index (κ3) is 4.40. The first-order valence-corrected chi connectivity index (χ1v) is 8.90. The van der Waals surface area contributed by atoms with Crippen LogP contribution < -0.4 is 10.1 Å². The molecule has 1 fully saturated rings. The summed E-state index contributed by atoms with van der Waals surface area (Å²) in [4.78, 5) is 12.4. The third-order valence-corrected chi connectivity index (χ3v) is 4.84. The average Bonchev–Trinajstić information content (AvgIpc) is 2.68. The summed E-state index contributed by atoms with van der Waals surface area (Å²) in [7, 11) is 1.60. The van der Waals surface area contributed by atoms with Gasteiger partial charge in [0.2, 0.25) is 0 Å². The van der Waals surface area contributed by atoms with Crippen molar-refractivity contribution in [2.75, 3.05) is 7.11 Å². The molecule has 4 heteroatoms. The van der Waals surface area contributed by atoms with E-state index in [9.17, 15) is 9.90 Å². The molecule has 1 atom stereocenters. The van der Waals surface area contributed by atoms with Crippen LogP contribution in [0.25, 0.3) is 0 Å². The van der Waals surface area contributed by atoms with Gasteiger partial charge in [0.1, 0.15) is 11.9 Å². The van der Waals surface area contributed by atoms with E-state index in [4.69, 9.17) is 4.74 Å². The molecule has 2 aromatic carbocycles. The summed E-state index contributed by atoms with van der Waals surface area (Å²) in [6.45, 7) is 0. The van der Waals surface area contributed by atoms with Crippen LogP contribution in [0.3, 0.4) is 0 Å². The predicted octanol–water partition coefficient (Wildman–Crippen LogP) is 3.84. The molecule has 1 saturated carbocycles. The van der Waals surface area contributed by atoms with Crippen LogP contribution in [-0.4, -0.2) is 24.2 Å². The molecule has 132 valence electrons. The molecule has 1 aliphatic rings. The second kappa shape index (κ2) is 8.17. The van der Waals surface area contributed by atoms with E-state index in [1.807, 2.05) is 24.3 Å². The standard InChI is InChI=1S/C21H25NO3/c1-25-19-9-5-6-17(14-19)20(23)15-10-12-16(13-11-15)21(24)22-18-7-3-2-4-8-18/h5-6,9-14,18,20,23H,2-4,7-8H2,1H3,(H,22,24). The first-order valence-electron chi connectivity index (χ1n) is 8.90. The number of ether oxygens (including phenoxy) is 1. The molecule has 1 aliphatic carbocycles. The van der Waals surface area contributed by atoms with Crippen molar-refractivity contribution in [3.63, 3.8) is 0 Å². The minimum Gasteiger partial charge on any atom is -0.497 e. The van der Waals surface area contributed by atoms with E-state index in [2.05, 4.69) is 5.32 Å². The smallest absolute Gasteiger partial charge is 0.251 e. The molecule has 0 aromatic heterocycles. The van der Waals surface area contributed by atoms with Crippen LogP contribution in [-0.2, 0) is 0 Å². The lowest BCUT2D eigenvalue weighted by atomic mass is 9.95. The maximum atomic E-state index is 12.4. The molecule has 0 heterocycles. The Morgan fingerprint density at radius 2 is 1.80 bits per heavy atom. The molecule has 4 nitrogen and oxygen atoms in total. The van der Waals surface area contributed by atoms with Gasteiger partial charge in [0.05, 0.1) is 7.11 Å². The Kier molecular flexibility index (Phi) is 5.71. The number of benzene rings is 2. The number of carbonyl (C=O) groups excluding carboxylic acids is 1. The van der Waals surface area contributed by atoms with Crippen LogP contribution in [0.1, 0.15) is 59.7 Å². The number of hydrogen-bond donors (Lipinski definition) is 2. The van der Waals surface area contributed by atoms with E-state index < -0.39 is 6.10 Å². The van der Waals surface area contributed by atoms with Crippen LogP contribution in [0.4, 0.5) is 0 Å². The zero-order valence-electron chi connectivity index (χ0n) is 14.6. The van der Waals surface area contributed by atoms with Gasteiger partial charge in [-0.05, 0) is 48.2 Å². The molecule has 0 saturated heterocycles. The fraction of sp³-hybridized carbons (Fsp3) is 0.381. The molecule has 0 radical (unpaired) electrons. The van der Waals surface area contributed by atoms with Crippen molar-refractivity contribution in [3.05, 3.63) is 65.2 Å². The molecule has 2 N–H and O–H groups in total. The van der Waals surface area contributed by atoms with Gasteiger partial charge in [-0.3, -0.25) is 4.79 Å². The highest BCUT2D eigenvalue weighted by atomic mass is 16.5. The zero-order valence-corrected chi connectivity index (χ0v) is 14.6. The molecule has 1 unspecified atom stereocenters. The van der Waals surface area contributed by atoms with Crippen molar-refractivity contribution in [2.45, 2.75) is 44.2 Å². The number of methoxy groups -OCH3 is 1. The van der Waals surface area contributed by atoms with Gasteiger partial charge in [0.25, 0.3) is 5.91 Å². The first-order chi connectivity index (χ1) is 12.2. The quantitative estimate of drug-likeness (QED) is 0.870. The number of aliphatic hydroxyl groups is 1. The molecular weight excluding hydrogens is 314 g/mol. The summed E-state index contributed by atoms with van der Waals surface area (Å²) in [5.74, 6) is 0.675. The van der Waals surface area contributed by atoms with Crippen molar-refractivity contribution in [3.8, 4) is 5.75 Å². The molecule has 2 aromatic rings. The minimum atomic E-state index is -0.745. The maximum Gasteiger partial charge on any atom is 0.251 e. The second-order valence-electron chi connectivity index (χ2n) is 6.61. The van der Waals surface area contributed by atoms with Gasteiger partial charge in [0.15, 0.2) is 0 Å². The lowest BCUT2D eigenvalue weighted by Gasteiger charge is -2.22. The number of nitrogens with one attached hydrogen (secondary N) is 1. The summed E-state index contributed by atoms with van der Waals surface area (Å²) < 4.78 is 5.20. The van der Waals surface area contributed by atoms with Gasteiger partial charge in [0, 0.05) is 11.6 Å². The molecule has 0 bridgehead atoms. The van der Waals surface area contributed by atoms with Crippen molar-refractivity contribution >= 4 is 5.91 Å². The molecular formula is C21H25NO3. The monoisotopic (exact) mass is 339 g/mol. The topological polar surface area (TPSA) is 58.6 Å². The zero-order chi connectivity index (χ0) is 17.6. The lowest BCUT2D eigenvalue weighted by molar-refractivity contribution is 0.0927. The average molecular weight is 339 g/mol. The Labute approximate surface area is 148 Å². The molecule has 3 rings (SSSR count). The van der Waals surface area contributed by atoms with Crippen LogP contribution in [0, 0.1) is 0 Å². The minimum absolute atomic E-state index is 0.0330. The van der Waals surface area contributed by atoms with Gasteiger partial charge >= 0.3 is 0 Å². The highest BCUT2D eigenvalue weighted by Gasteiger charge is 2.17. The highest BCUT2D eigenvalue weighted by molar-refractivity contribution is 5.94. The van der Waals surface area contributed by atoms with E-state index in [1.165, 1.54) is 19.3 Å². The van der Waals surface area contributed by atoms with E-state index in [0.29, 0.717) is 17.4 Å². The Hall–Kier alpha value is -2.33. The van der Waals surface area contributed by atoms with E-state index >= 15 is 0 Å². The Morgan fingerprint density at radius 3 is 2.48 bits per heavy atom. The van der Waals surface area contributed by atoms with E-state index in [-0.39, 0.29) is 5.91 Å². The van der Waals surface area contributed by atoms with Crippen LogP contribution in [0.15, 0.2) is 48.5 Å². The lowest BCUT2D eigenvalue weighted by Crippen LogP contribution is -2.36. The van der Waals surface area contributed by atoms with Gasteiger partial charge in [-0.1, -0.05) is 43.5 Å². The normalized spacial score (nSPS) is 16.2. The fourth-order valence-corrected chi connectivity index (χ4v) is 3.34. The number of amides is 1. The van der Waals surface area contributed by atoms with Crippen LogP contribution in [0.2, 0.25) is 0 Å². The second-order valence-corrected chi connectivity index (χ2v) is 6.61. The van der Waals surface area contributed by atoms with Crippen LogP contribution >= 0.6 is 0 Å². The summed E-state index contributed by atoms with van der Waals surface area (Å²) in [5, 5.41) is 13.7. The molecule has 1 amide bonds. The predicted molar refractivity (Wildman–Crippen MR) is 97.8 cm³/mol. The third-order valence-electron chi connectivity index (χ3n) is 4.84. The van der Waals surface area contributed by atoms with Gasteiger partial charge < -0.3 is 15.2 Å². The molecule has 0 spiro atoms. The van der Waals surface area contributed by atoms with Crippen molar-refractivity contribution in [1.29, 1.82) is 0 Å². The summed E-state index contributed by atoms with van der Waals surface area (Å²) in [5.41, 5.74) is 2.15. The fourth-order valence-electron chi connectivity index (χ4n) is 3.34. The van der Waals surface area contributed by atoms with Crippen molar-refractivity contribution < 1.29 is 14.6 Å². The summed E-state index contributed by atoms with van der Waals surface area (Å²) in [6.07, 6.45) is 5.04. The number of aliphatic hydroxyl groups excluding tert-OH is 1. The van der Waals surface area contributed by atoms with Crippen molar-refractivity contribution in [1.82, 2.24) is 5.32 Å². The molecule has 0 aliphatic heterocycles. The first kappa shape index (κ1) is 17.5. The van der Waals surface area contributed by atoms with Gasteiger partial charge in [-0.15, -0.1) is 0 Å². The van der Waals surface area contributed by atoms with Gasteiger partial charge in [-0.25, -0.2) is 0 Å². The summed E-state index contributed by atoms with van der Waals surface area (Å²) >= 11 is 0. The van der Waals surface area contributed by atoms with Crippen molar-refractivity contribution in [2.24, 2.45) is 0 Å². The highest BCUT2D eigenvalue weighted by Crippen LogP contribution is 2.25. The van der Waals surface area contributed by atoms with E-state index in [1.54, 1.807) is 31.4 Å². The van der Waals surface area contributed by atoms with E-state index in [0.717, 1.165) is 24.0 Å². The number of carbonyl (C=O) groups is 1. The Bertz CT molecular complexity index is 705. The Balaban J connectivity index is 1.67. The largest absolute Gasteiger partial charge is 0.497 e. The summed E-state index contributed by atoms with van der Waals surface area (Å²) in [6, 6.07) is 14.8. The van der Waals surface area contributed by atoms with Gasteiger partial charge in [-0.2, -0.15) is 0 Å². The SMILES string of the molecule is COc1cccc(C(O)c2ccc(C(=O)NC3CCCCC3)cc2)c1. The number of rotatable bonds is 5. The number of hydrogen-bond acceptors (Lipinski definition) is 3. The Morgan fingerprint density at radius 1 is 1.08 bits per heavy atom. The maximum absolute atomic E-state index is 12.4.